The molecule has 1 saturated carbocycles. The van der Waals surface area contributed by atoms with Crippen molar-refractivity contribution in [3.63, 3.8) is 0 Å². The van der Waals surface area contributed by atoms with Crippen LogP contribution < -0.4 is 5.73 Å². The summed E-state index contributed by atoms with van der Waals surface area (Å²) in [4.78, 5) is 0. The summed E-state index contributed by atoms with van der Waals surface area (Å²) in [6.45, 7) is 4.54. The monoisotopic (exact) mass is 211 g/mol. The van der Waals surface area contributed by atoms with E-state index in [4.69, 9.17) is 5.73 Å². The molecule has 0 saturated heterocycles. The van der Waals surface area contributed by atoms with Crippen LogP contribution in [0, 0.1) is 11.8 Å². The van der Waals surface area contributed by atoms with Crippen LogP contribution in [0.5, 0.6) is 0 Å². The molecule has 2 N–H and O–H groups in total. The summed E-state index contributed by atoms with van der Waals surface area (Å²) in [6.07, 6.45) is 12.3. The molecular weight excluding hydrogens is 182 g/mol. The molecule has 0 aromatic heterocycles. The van der Waals surface area contributed by atoms with E-state index in [1.807, 2.05) is 0 Å². The first-order valence-corrected chi connectivity index (χ1v) is 7.05. The molecule has 0 aromatic carbocycles. The lowest BCUT2D eigenvalue weighted by Crippen LogP contribution is -2.23. The molecule has 3 atom stereocenters. The van der Waals surface area contributed by atoms with Crippen LogP contribution in [0.4, 0.5) is 0 Å². The number of unbranched alkanes of at least 4 members (excludes halogenated alkanes) is 4. The fourth-order valence-electron chi connectivity index (χ4n) is 2.63. The predicted molar refractivity (Wildman–Crippen MR) is 67.9 cm³/mol. The van der Waals surface area contributed by atoms with Crippen molar-refractivity contribution in [1.29, 1.82) is 0 Å². The van der Waals surface area contributed by atoms with Crippen LogP contribution >= 0.6 is 0 Å². The van der Waals surface area contributed by atoms with Crippen LogP contribution in [0.1, 0.15) is 71.6 Å². The zero-order chi connectivity index (χ0) is 11.1. The Balaban J connectivity index is 1.98. The molecule has 0 bridgehead atoms. The van der Waals surface area contributed by atoms with Crippen LogP contribution in [0.25, 0.3) is 0 Å². The maximum atomic E-state index is 6.21. The van der Waals surface area contributed by atoms with Crippen LogP contribution in [0.3, 0.4) is 0 Å². The molecule has 1 rings (SSSR count). The van der Waals surface area contributed by atoms with Crippen molar-refractivity contribution in [3.8, 4) is 0 Å². The number of rotatable bonds is 9. The highest BCUT2D eigenvalue weighted by Gasteiger charge is 2.39. The molecule has 1 fully saturated rings. The lowest BCUT2D eigenvalue weighted by atomic mass is 10.0. The van der Waals surface area contributed by atoms with E-state index in [9.17, 15) is 0 Å². The summed E-state index contributed by atoms with van der Waals surface area (Å²) in [5.74, 6) is 1.88. The minimum Gasteiger partial charge on any atom is -0.327 e. The lowest BCUT2D eigenvalue weighted by Gasteiger charge is -2.10. The lowest BCUT2D eigenvalue weighted by molar-refractivity contribution is 0.471. The first-order chi connectivity index (χ1) is 7.29. The molecular formula is C14H29N. The van der Waals surface area contributed by atoms with Crippen molar-refractivity contribution < 1.29 is 0 Å². The van der Waals surface area contributed by atoms with Gasteiger partial charge in [0.15, 0.2) is 0 Å². The minimum atomic E-state index is 0.517. The summed E-state index contributed by atoms with van der Waals surface area (Å²) in [6, 6.07) is 0.517. The first kappa shape index (κ1) is 13.0. The van der Waals surface area contributed by atoms with Crippen molar-refractivity contribution in [2.45, 2.75) is 77.7 Å². The van der Waals surface area contributed by atoms with Gasteiger partial charge in [0.25, 0.3) is 0 Å². The molecule has 0 spiro atoms. The van der Waals surface area contributed by atoms with E-state index in [0.717, 1.165) is 11.8 Å². The largest absolute Gasteiger partial charge is 0.327 e. The highest BCUT2D eigenvalue weighted by Crippen LogP contribution is 2.45. The second-order valence-electron chi connectivity index (χ2n) is 5.32. The number of nitrogens with two attached hydrogens (primary N) is 1. The van der Waals surface area contributed by atoms with Gasteiger partial charge >= 0.3 is 0 Å². The Kier molecular flexibility index (Phi) is 6.31. The van der Waals surface area contributed by atoms with Gasteiger partial charge in [0, 0.05) is 6.04 Å². The van der Waals surface area contributed by atoms with Gasteiger partial charge < -0.3 is 5.73 Å². The van der Waals surface area contributed by atoms with E-state index in [-0.39, 0.29) is 0 Å². The third kappa shape index (κ3) is 5.01. The van der Waals surface area contributed by atoms with Gasteiger partial charge in [-0.1, -0.05) is 58.8 Å². The van der Waals surface area contributed by atoms with Gasteiger partial charge in [0.05, 0.1) is 0 Å². The van der Waals surface area contributed by atoms with E-state index < -0.39 is 0 Å². The summed E-state index contributed by atoms with van der Waals surface area (Å²) < 4.78 is 0. The van der Waals surface area contributed by atoms with Gasteiger partial charge in [-0.05, 0) is 24.7 Å². The van der Waals surface area contributed by atoms with Gasteiger partial charge in [0.1, 0.15) is 0 Å². The number of hydrogen-bond donors (Lipinski definition) is 1. The average Bonchev–Trinajstić information content (AvgIpc) is 2.98. The van der Waals surface area contributed by atoms with Gasteiger partial charge in [-0.15, -0.1) is 0 Å². The summed E-state index contributed by atoms with van der Waals surface area (Å²) in [5.41, 5.74) is 6.21. The standard InChI is InChI=1S/C14H29N/c1-3-5-7-9-12-11-13(12)14(15)10-8-6-4-2/h12-14H,3-11,15H2,1-2H3. The zero-order valence-corrected chi connectivity index (χ0v) is 10.7. The Hall–Kier alpha value is -0.0400. The highest BCUT2D eigenvalue weighted by atomic mass is 14.7. The molecule has 1 aliphatic carbocycles. The molecule has 0 heterocycles. The molecule has 1 nitrogen and oxygen atoms in total. The topological polar surface area (TPSA) is 26.0 Å². The maximum Gasteiger partial charge on any atom is 0.00699 e. The molecule has 0 aromatic rings. The number of hydrogen-bond acceptors (Lipinski definition) is 1. The van der Waals surface area contributed by atoms with Gasteiger partial charge in [-0.3, -0.25) is 0 Å². The fourth-order valence-corrected chi connectivity index (χ4v) is 2.63. The highest BCUT2D eigenvalue weighted by molar-refractivity contribution is 4.93. The Bertz CT molecular complexity index is 155. The molecule has 1 heteroatoms. The third-order valence-electron chi connectivity index (χ3n) is 3.85. The van der Waals surface area contributed by atoms with Crippen molar-refractivity contribution in [1.82, 2.24) is 0 Å². The van der Waals surface area contributed by atoms with Crippen LogP contribution in [-0.2, 0) is 0 Å². The average molecular weight is 211 g/mol. The fraction of sp³-hybridized carbons (Fsp3) is 1.00. The minimum absolute atomic E-state index is 0.517. The normalized spacial score (nSPS) is 26.6. The van der Waals surface area contributed by atoms with Crippen molar-refractivity contribution >= 4 is 0 Å². The Morgan fingerprint density at radius 3 is 2.40 bits per heavy atom. The second-order valence-corrected chi connectivity index (χ2v) is 5.32. The van der Waals surface area contributed by atoms with Crippen LogP contribution in [-0.4, -0.2) is 6.04 Å². The quantitative estimate of drug-likeness (QED) is 0.571. The van der Waals surface area contributed by atoms with E-state index in [1.54, 1.807) is 0 Å². The van der Waals surface area contributed by atoms with E-state index >= 15 is 0 Å². The SMILES string of the molecule is CCCCCC(N)C1CC1CCCCC. The molecule has 90 valence electrons. The van der Waals surface area contributed by atoms with Gasteiger partial charge in [-0.2, -0.15) is 0 Å². The smallest absolute Gasteiger partial charge is 0.00699 e. The summed E-state index contributed by atoms with van der Waals surface area (Å²) in [5, 5.41) is 0. The Morgan fingerprint density at radius 2 is 1.73 bits per heavy atom. The second kappa shape index (κ2) is 7.27. The van der Waals surface area contributed by atoms with Gasteiger partial charge in [0.2, 0.25) is 0 Å². The van der Waals surface area contributed by atoms with Crippen molar-refractivity contribution in [2.24, 2.45) is 17.6 Å². The summed E-state index contributed by atoms with van der Waals surface area (Å²) >= 11 is 0. The maximum absolute atomic E-state index is 6.21. The third-order valence-corrected chi connectivity index (χ3v) is 3.85. The summed E-state index contributed by atoms with van der Waals surface area (Å²) in [7, 11) is 0. The Labute approximate surface area is 95.8 Å². The molecule has 1 aliphatic rings. The van der Waals surface area contributed by atoms with E-state index in [0.29, 0.717) is 6.04 Å². The first-order valence-electron chi connectivity index (χ1n) is 7.05. The van der Waals surface area contributed by atoms with Crippen LogP contribution in [0.2, 0.25) is 0 Å². The molecule has 0 aliphatic heterocycles. The molecule has 0 amide bonds. The predicted octanol–water partition coefficient (Wildman–Crippen LogP) is 4.11. The van der Waals surface area contributed by atoms with Gasteiger partial charge in [-0.25, -0.2) is 0 Å². The zero-order valence-electron chi connectivity index (χ0n) is 10.7. The molecule has 15 heavy (non-hydrogen) atoms. The van der Waals surface area contributed by atoms with E-state index in [2.05, 4.69) is 13.8 Å². The molecule has 3 unspecified atom stereocenters. The van der Waals surface area contributed by atoms with Crippen molar-refractivity contribution in [2.75, 3.05) is 0 Å². The Morgan fingerprint density at radius 1 is 1.07 bits per heavy atom. The van der Waals surface area contributed by atoms with Crippen molar-refractivity contribution in [3.05, 3.63) is 0 Å². The van der Waals surface area contributed by atoms with Crippen LogP contribution in [0.15, 0.2) is 0 Å². The molecule has 0 radical (unpaired) electrons. The van der Waals surface area contributed by atoms with E-state index in [1.165, 1.54) is 57.8 Å².